The van der Waals surface area contributed by atoms with Crippen molar-refractivity contribution in [1.82, 2.24) is 4.90 Å². The first kappa shape index (κ1) is 13.2. The summed E-state index contributed by atoms with van der Waals surface area (Å²) in [6.07, 6.45) is 2.74. The second-order valence-corrected chi connectivity index (χ2v) is 5.90. The van der Waals surface area contributed by atoms with Crippen molar-refractivity contribution >= 4 is 11.9 Å². The lowest BCUT2D eigenvalue weighted by Gasteiger charge is -2.20. The topological polar surface area (TPSA) is 57.6 Å². The third-order valence-corrected chi connectivity index (χ3v) is 4.27. The van der Waals surface area contributed by atoms with Gasteiger partial charge in [-0.1, -0.05) is 24.3 Å². The molecule has 0 radical (unpaired) electrons. The van der Waals surface area contributed by atoms with E-state index < -0.39 is 5.97 Å². The molecule has 0 aliphatic heterocycles. The van der Waals surface area contributed by atoms with Gasteiger partial charge in [0.05, 0.1) is 0 Å². The fourth-order valence-corrected chi connectivity index (χ4v) is 2.95. The van der Waals surface area contributed by atoms with E-state index in [9.17, 15) is 9.59 Å². The molecule has 0 aromatic heterocycles. The van der Waals surface area contributed by atoms with E-state index in [-0.39, 0.29) is 30.3 Å². The van der Waals surface area contributed by atoms with Gasteiger partial charge in [-0.15, -0.1) is 0 Å². The maximum Gasteiger partial charge on any atom is 0.323 e. The maximum absolute atomic E-state index is 12.5. The van der Waals surface area contributed by atoms with E-state index in [2.05, 4.69) is 19.1 Å². The summed E-state index contributed by atoms with van der Waals surface area (Å²) in [5, 5.41) is 8.94. The molecule has 106 valence electrons. The predicted molar refractivity (Wildman–Crippen MR) is 74.4 cm³/mol. The number of benzene rings is 1. The summed E-state index contributed by atoms with van der Waals surface area (Å²) in [7, 11) is 0. The molecule has 3 rings (SSSR count). The van der Waals surface area contributed by atoms with Crippen molar-refractivity contribution in [1.29, 1.82) is 0 Å². The van der Waals surface area contributed by atoms with E-state index in [1.165, 1.54) is 11.1 Å². The molecule has 4 heteroatoms. The Labute approximate surface area is 118 Å². The van der Waals surface area contributed by atoms with Gasteiger partial charge >= 0.3 is 5.97 Å². The van der Waals surface area contributed by atoms with Crippen LogP contribution in [0.2, 0.25) is 0 Å². The Bertz CT molecular complexity index is 550. The van der Waals surface area contributed by atoms with Crippen molar-refractivity contribution in [3.05, 3.63) is 35.4 Å². The highest BCUT2D eigenvalue weighted by atomic mass is 16.4. The van der Waals surface area contributed by atoms with Gasteiger partial charge in [-0.05, 0) is 43.2 Å². The summed E-state index contributed by atoms with van der Waals surface area (Å²) in [4.78, 5) is 25.0. The summed E-state index contributed by atoms with van der Waals surface area (Å²) < 4.78 is 0. The molecule has 2 atom stereocenters. The summed E-state index contributed by atoms with van der Waals surface area (Å²) >= 11 is 0. The van der Waals surface area contributed by atoms with Gasteiger partial charge in [-0.25, -0.2) is 0 Å². The van der Waals surface area contributed by atoms with Crippen LogP contribution in [0.15, 0.2) is 24.3 Å². The van der Waals surface area contributed by atoms with Crippen molar-refractivity contribution in [2.45, 2.75) is 38.1 Å². The molecule has 1 amide bonds. The molecule has 4 nitrogen and oxygen atoms in total. The molecular weight excluding hydrogens is 254 g/mol. The second-order valence-electron chi connectivity index (χ2n) is 5.90. The van der Waals surface area contributed by atoms with Crippen LogP contribution in [0.5, 0.6) is 0 Å². The lowest BCUT2D eigenvalue weighted by atomic mass is 10.0. The number of amides is 1. The first-order chi connectivity index (χ1) is 9.58. The zero-order valence-electron chi connectivity index (χ0n) is 11.6. The van der Waals surface area contributed by atoms with Crippen molar-refractivity contribution in [2.75, 3.05) is 6.54 Å². The van der Waals surface area contributed by atoms with Crippen LogP contribution >= 0.6 is 0 Å². The maximum atomic E-state index is 12.5. The normalized spacial score (nSPS) is 24.2. The molecule has 2 saturated carbocycles. The van der Waals surface area contributed by atoms with E-state index in [0.717, 1.165) is 19.3 Å². The Morgan fingerprint density at radius 3 is 2.60 bits per heavy atom. The Morgan fingerprint density at radius 2 is 2.00 bits per heavy atom. The Morgan fingerprint density at radius 1 is 1.30 bits per heavy atom. The number of carbonyl (C=O) groups is 2. The monoisotopic (exact) mass is 273 g/mol. The van der Waals surface area contributed by atoms with E-state index >= 15 is 0 Å². The minimum atomic E-state index is -0.918. The summed E-state index contributed by atoms with van der Waals surface area (Å²) in [6, 6.07) is 8.30. The van der Waals surface area contributed by atoms with Crippen LogP contribution in [0.3, 0.4) is 0 Å². The van der Waals surface area contributed by atoms with Crippen molar-refractivity contribution < 1.29 is 14.7 Å². The number of carboxylic acids is 1. The number of nitrogens with zero attached hydrogens (tertiary/aromatic N) is 1. The zero-order valence-corrected chi connectivity index (χ0v) is 11.6. The standard InChI is InChI=1S/C16H19NO3/c1-10-4-2-3-5-12(10)13-8-14(13)16(20)17(9-15(18)19)11-6-7-11/h2-5,11,13-14H,6-9H2,1H3,(H,18,19)/t13-,14-/m1/s1. The third kappa shape index (κ3) is 2.55. The van der Waals surface area contributed by atoms with Gasteiger partial charge in [0.2, 0.25) is 5.91 Å². The molecule has 0 spiro atoms. The Kier molecular flexibility index (Phi) is 3.24. The number of rotatable bonds is 5. The van der Waals surface area contributed by atoms with Crippen molar-refractivity contribution in [3.63, 3.8) is 0 Å². The molecule has 1 aromatic carbocycles. The molecule has 0 saturated heterocycles. The molecule has 1 aromatic rings. The van der Waals surface area contributed by atoms with Crippen LogP contribution in [0.4, 0.5) is 0 Å². The minimum absolute atomic E-state index is 0.0175. The van der Waals surface area contributed by atoms with Gasteiger partial charge in [0, 0.05) is 12.0 Å². The van der Waals surface area contributed by atoms with Crippen LogP contribution in [0.25, 0.3) is 0 Å². The van der Waals surface area contributed by atoms with Gasteiger partial charge in [0.1, 0.15) is 6.54 Å². The summed E-state index contributed by atoms with van der Waals surface area (Å²) in [5.41, 5.74) is 2.45. The first-order valence-electron chi connectivity index (χ1n) is 7.15. The van der Waals surface area contributed by atoms with Gasteiger partial charge in [-0.2, -0.15) is 0 Å². The SMILES string of the molecule is Cc1ccccc1[C@H]1C[C@H]1C(=O)N(CC(=O)O)C1CC1. The van der Waals surface area contributed by atoms with E-state index in [0.29, 0.717) is 0 Å². The smallest absolute Gasteiger partial charge is 0.323 e. The largest absolute Gasteiger partial charge is 0.480 e. The molecule has 2 aliphatic carbocycles. The molecule has 2 fully saturated rings. The first-order valence-corrected chi connectivity index (χ1v) is 7.15. The molecule has 1 N–H and O–H groups in total. The number of aryl methyl sites for hydroxylation is 1. The van der Waals surface area contributed by atoms with E-state index in [1.807, 2.05) is 12.1 Å². The minimum Gasteiger partial charge on any atom is -0.480 e. The quantitative estimate of drug-likeness (QED) is 0.894. The van der Waals surface area contributed by atoms with Crippen LogP contribution in [-0.4, -0.2) is 34.5 Å². The Hall–Kier alpha value is -1.84. The molecule has 20 heavy (non-hydrogen) atoms. The van der Waals surface area contributed by atoms with Crippen LogP contribution in [0.1, 0.15) is 36.3 Å². The van der Waals surface area contributed by atoms with Crippen LogP contribution < -0.4 is 0 Å². The molecular formula is C16H19NO3. The van der Waals surface area contributed by atoms with Gasteiger partial charge in [-0.3, -0.25) is 9.59 Å². The lowest BCUT2D eigenvalue weighted by molar-refractivity contribution is -0.145. The van der Waals surface area contributed by atoms with E-state index in [1.54, 1.807) is 4.90 Å². The Balaban J connectivity index is 1.70. The summed E-state index contributed by atoms with van der Waals surface area (Å²) in [5.74, 6) is -0.628. The molecule has 2 aliphatic rings. The fraction of sp³-hybridized carbons (Fsp3) is 0.500. The highest BCUT2D eigenvalue weighted by Gasteiger charge is 2.48. The average Bonchev–Trinajstić information content (AvgIpc) is 3.26. The number of aliphatic carboxylic acids is 1. The summed E-state index contributed by atoms with van der Waals surface area (Å²) in [6.45, 7) is 1.91. The fourth-order valence-electron chi connectivity index (χ4n) is 2.95. The van der Waals surface area contributed by atoms with E-state index in [4.69, 9.17) is 5.11 Å². The number of hydrogen-bond donors (Lipinski definition) is 1. The highest BCUT2D eigenvalue weighted by molar-refractivity contribution is 5.86. The second kappa shape index (κ2) is 4.93. The van der Waals surface area contributed by atoms with Crippen LogP contribution in [-0.2, 0) is 9.59 Å². The van der Waals surface area contributed by atoms with Gasteiger partial charge in [0.25, 0.3) is 0 Å². The number of carbonyl (C=O) groups excluding carboxylic acids is 1. The lowest BCUT2D eigenvalue weighted by Crippen LogP contribution is -2.38. The third-order valence-electron chi connectivity index (χ3n) is 4.27. The van der Waals surface area contributed by atoms with Gasteiger partial charge < -0.3 is 10.0 Å². The van der Waals surface area contributed by atoms with Crippen LogP contribution in [0, 0.1) is 12.8 Å². The molecule has 0 bridgehead atoms. The van der Waals surface area contributed by atoms with Gasteiger partial charge in [0.15, 0.2) is 0 Å². The zero-order chi connectivity index (χ0) is 14.3. The average molecular weight is 273 g/mol. The van der Waals surface area contributed by atoms with Crippen molar-refractivity contribution in [3.8, 4) is 0 Å². The molecule has 0 heterocycles. The highest BCUT2D eigenvalue weighted by Crippen LogP contribution is 2.50. The predicted octanol–water partition coefficient (Wildman–Crippen LogP) is 2.17. The number of carboxylic acid groups (broad SMARTS) is 1. The van der Waals surface area contributed by atoms with Crippen molar-refractivity contribution in [2.24, 2.45) is 5.92 Å². The molecule has 0 unspecified atom stereocenters. The number of hydrogen-bond acceptors (Lipinski definition) is 2.